The number of rotatable bonds is 16. The Morgan fingerprint density at radius 1 is 1.12 bits per heavy atom. The van der Waals surface area contributed by atoms with Gasteiger partial charge in [-0.25, -0.2) is 9.97 Å². The number of nitrogens with one attached hydrogen (secondary N) is 3. The van der Waals surface area contributed by atoms with Crippen molar-refractivity contribution < 1.29 is 18.9 Å². The Morgan fingerprint density at radius 3 is 2.52 bits per heavy atom. The Hall–Kier alpha value is -4.33. The third kappa shape index (κ3) is 9.18. The molecule has 1 aromatic carbocycles. The first-order valence-electron chi connectivity index (χ1n) is 16.5. The summed E-state index contributed by atoms with van der Waals surface area (Å²) in [6.45, 7) is 8.29. The molecule has 258 valence electrons. The first-order chi connectivity index (χ1) is 23.4. The highest BCUT2D eigenvalue weighted by molar-refractivity contribution is 5.67. The molecule has 2 aromatic heterocycles. The minimum atomic E-state index is -0.359. The molecule has 0 amide bonds. The van der Waals surface area contributed by atoms with E-state index in [0.717, 1.165) is 75.9 Å². The van der Waals surface area contributed by atoms with Crippen molar-refractivity contribution in [2.24, 2.45) is 5.84 Å². The average molecular weight is 662 g/mol. The molecule has 1 unspecified atom stereocenters. The molecule has 0 bridgehead atoms. The van der Waals surface area contributed by atoms with Crippen LogP contribution in [0.3, 0.4) is 0 Å². The maximum absolute atomic E-state index is 9.64. The van der Waals surface area contributed by atoms with E-state index in [1.165, 1.54) is 5.01 Å². The van der Waals surface area contributed by atoms with E-state index in [-0.39, 0.29) is 18.2 Å². The fourth-order valence-corrected chi connectivity index (χ4v) is 6.05. The van der Waals surface area contributed by atoms with Crippen LogP contribution in [0.2, 0.25) is 0 Å². The molecule has 5 rings (SSSR count). The van der Waals surface area contributed by atoms with Gasteiger partial charge in [-0.2, -0.15) is 10.8 Å². The number of methoxy groups -OCH3 is 1. The zero-order valence-corrected chi connectivity index (χ0v) is 28.0. The molecule has 0 spiro atoms. The summed E-state index contributed by atoms with van der Waals surface area (Å²) in [6.07, 6.45) is 11.3. The van der Waals surface area contributed by atoms with Crippen molar-refractivity contribution in [3.63, 3.8) is 0 Å². The number of hydrazine groups is 2. The van der Waals surface area contributed by atoms with E-state index in [0.29, 0.717) is 48.0 Å². The number of ether oxygens (including phenoxy) is 4. The summed E-state index contributed by atoms with van der Waals surface area (Å²) in [5.41, 5.74) is 5.05. The zero-order chi connectivity index (χ0) is 33.9. The maximum atomic E-state index is 9.64. The van der Waals surface area contributed by atoms with Crippen molar-refractivity contribution in [3.8, 4) is 28.8 Å². The Labute approximate surface area is 281 Å². The SMILES string of the molecule is COC(C)CCOc1nn([C@H]2CC[C@H](N3CCOCC3)CC2)cc1Nc1ncc(-c2ccc(C#N)c(O[C@@H](C)CN(C=N)NN)c2)cn1. The summed E-state index contributed by atoms with van der Waals surface area (Å²) in [4.78, 5) is 11.7. The van der Waals surface area contributed by atoms with Crippen LogP contribution in [0.25, 0.3) is 11.1 Å². The lowest BCUT2D eigenvalue weighted by molar-refractivity contribution is 0.00502. The molecule has 15 heteroatoms. The molecule has 5 N–H and O–H groups in total. The largest absolute Gasteiger partial charge is 0.487 e. The van der Waals surface area contributed by atoms with Gasteiger partial charge in [-0.15, -0.1) is 5.10 Å². The van der Waals surface area contributed by atoms with Gasteiger partial charge in [-0.3, -0.25) is 25.8 Å². The number of hydrogen-bond donors (Lipinski definition) is 4. The van der Waals surface area contributed by atoms with Gasteiger partial charge in [-0.1, -0.05) is 6.07 Å². The lowest BCUT2D eigenvalue weighted by atomic mass is 9.90. The summed E-state index contributed by atoms with van der Waals surface area (Å²) in [6, 6.07) is 8.38. The van der Waals surface area contributed by atoms with Crippen molar-refractivity contribution >= 4 is 18.0 Å². The zero-order valence-electron chi connectivity index (χ0n) is 28.0. The number of benzene rings is 1. The normalized spacial score (nSPS) is 19.6. The molecule has 15 nitrogen and oxygen atoms in total. The van der Waals surface area contributed by atoms with Crippen LogP contribution in [0.15, 0.2) is 36.8 Å². The van der Waals surface area contributed by atoms with Crippen LogP contribution in [0.5, 0.6) is 11.6 Å². The number of aromatic nitrogens is 4. The van der Waals surface area contributed by atoms with E-state index in [1.807, 2.05) is 30.8 Å². The van der Waals surface area contributed by atoms with Crippen LogP contribution in [0.1, 0.15) is 57.6 Å². The third-order valence-corrected chi connectivity index (χ3v) is 8.90. The van der Waals surface area contributed by atoms with Crippen LogP contribution < -0.4 is 26.2 Å². The number of nitrogens with two attached hydrogens (primary N) is 1. The average Bonchev–Trinajstić information content (AvgIpc) is 3.53. The molecule has 1 aliphatic carbocycles. The third-order valence-electron chi connectivity index (χ3n) is 8.90. The Bertz CT molecular complexity index is 1500. The van der Waals surface area contributed by atoms with E-state index >= 15 is 0 Å². The van der Waals surface area contributed by atoms with Crippen molar-refractivity contribution in [1.82, 2.24) is 35.2 Å². The van der Waals surface area contributed by atoms with Crippen LogP contribution in [0.4, 0.5) is 11.6 Å². The molecule has 0 radical (unpaired) electrons. The first kappa shape index (κ1) is 35.0. The van der Waals surface area contributed by atoms with Gasteiger partial charge in [0.05, 0.1) is 56.6 Å². The van der Waals surface area contributed by atoms with E-state index in [9.17, 15) is 5.26 Å². The summed E-state index contributed by atoms with van der Waals surface area (Å²) >= 11 is 0. The molecule has 1 saturated heterocycles. The monoisotopic (exact) mass is 661 g/mol. The quantitative estimate of drug-likeness (QED) is 0.0756. The Morgan fingerprint density at radius 2 is 1.85 bits per heavy atom. The summed E-state index contributed by atoms with van der Waals surface area (Å²) < 4.78 is 25.2. The van der Waals surface area contributed by atoms with Gasteiger partial charge in [0.1, 0.15) is 23.6 Å². The highest BCUT2D eigenvalue weighted by Crippen LogP contribution is 2.35. The molecule has 1 aliphatic heterocycles. The standard InChI is InChI=1S/C33H47N11O4/c1-23(45-3)10-13-47-32-30(21-44(40-32)29-8-6-28(7-9-29)42-11-14-46-15-12-42)39-33-37-18-27(19-38-33)25-4-5-26(17-34)31(16-25)48-24(2)20-43(22-35)41-36/h4-5,16,18-19,21-24,28-29,35,41H,6-15,20,36H2,1-3H3,(H,37,38,39)/t23?,24-,28-,29-/m0/s1. The van der Waals surface area contributed by atoms with Crippen molar-refractivity contribution in [2.45, 2.75) is 70.2 Å². The second-order valence-corrected chi connectivity index (χ2v) is 12.2. The number of nitrogens with zero attached hydrogens (tertiary/aromatic N) is 7. The lowest BCUT2D eigenvalue weighted by Crippen LogP contribution is -2.46. The lowest BCUT2D eigenvalue weighted by Gasteiger charge is -2.38. The molecule has 1 saturated carbocycles. The molecule has 2 aliphatic rings. The molecule has 2 fully saturated rings. The minimum Gasteiger partial charge on any atom is -0.487 e. The molecule has 2 atom stereocenters. The van der Waals surface area contributed by atoms with Gasteiger partial charge in [0, 0.05) is 50.6 Å². The van der Waals surface area contributed by atoms with Gasteiger partial charge in [0.15, 0.2) is 0 Å². The van der Waals surface area contributed by atoms with E-state index in [4.69, 9.17) is 35.3 Å². The molecule has 3 aromatic rings. The summed E-state index contributed by atoms with van der Waals surface area (Å²) in [5.74, 6) is 6.76. The van der Waals surface area contributed by atoms with E-state index in [1.54, 1.807) is 31.6 Å². The van der Waals surface area contributed by atoms with Crippen LogP contribution in [0, 0.1) is 16.7 Å². The Kier molecular flexibility index (Phi) is 12.5. The summed E-state index contributed by atoms with van der Waals surface area (Å²) in [7, 11) is 1.69. The van der Waals surface area contributed by atoms with Gasteiger partial charge >= 0.3 is 0 Å². The smallest absolute Gasteiger partial charge is 0.256 e. The second kappa shape index (κ2) is 17.2. The second-order valence-electron chi connectivity index (χ2n) is 12.2. The van der Waals surface area contributed by atoms with Gasteiger partial charge in [0.2, 0.25) is 5.95 Å². The maximum Gasteiger partial charge on any atom is 0.256 e. The predicted molar refractivity (Wildman–Crippen MR) is 181 cm³/mol. The minimum absolute atomic E-state index is 0.0746. The highest BCUT2D eigenvalue weighted by Gasteiger charge is 2.29. The molecular formula is C33H47N11O4. The number of morpholine rings is 1. The topological polar surface area (TPSA) is 185 Å². The highest BCUT2D eigenvalue weighted by atomic mass is 16.5. The van der Waals surface area contributed by atoms with Crippen LogP contribution in [-0.2, 0) is 9.47 Å². The van der Waals surface area contributed by atoms with Crippen molar-refractivity contribution in [2.75, 3.05) is 51.9 Å². The van der Waals surface area contributed by atoms with Crippen LogP contribution >= 0.6 is 0 Å². The van der Waals surface area contributed by atoms with Gasteiger partial charge < -0.3 is 24.3 Å². The first-order valence-corrected chi connectivity index (χ1v) is 16.5. The van der Waals surface area contributed by atoms with Crippen molar-refractivity contribution in [3.05, 3.63) is 42.4 Å². The number of anilines is 2. The van der Waals surface area contributed by atoms with Crippen LogP contribution in [-0.4, -0.2) is 101 Å². The molecule has 3 heterocycles. The van der Waals surface area contributed by atoms with E-state index < -0.39 is 0 Å². The summed E-state index contributed by atoms with van der Waals surface area (Å²) in [5, 5.41) is 26.6. The number of hydrogen-bond acceptors (Lipinski definition) is 13. The van der Waals surface area contributed by atoms with Gasteiger partial charge in [-0.05, 0) is 57.2 Å². The predicted octanol–water partition coefficient (Wildman–Crippen LogP) is 3.63. The fraction of sp³-hybridized carbons (Fsp3) is 0.545. The van der Waals surface area contributed by atoms with E-state index in [2.05, 4.69) is 31.8 Å². The molecule has 48 heavy (non-hydrogen) atoms. The fourth-order valence-electron chi connectivity index (χ4n) is 6.05. The molecular weight excluding hydrogens is 614 g/mol. The number of nitriles is 1. The van der Waals surface area contributed by atoms with Crippen molar-refractivity contribution in [1.29, 1.82) is 10.7 Å². The Balaban J connectivity index is 1.28. The van der Waals surface area contributed by atoms with Gasteiger partial charge in [0.25, 0.3) is 5.88 Å².